The maximum absolute atomic E-state index is 12.9. The zero-order chi connectivity index (χ0) is 12.1. The van der Waals surface area contributed by atoms with Gasteiger partial charge in [-0.3, -0.25) is 4.79 Å². The molecule has 0 aromatic heterocycles. The van der Waals surface area contributed by atoms with E-state index in [1.807, 2.05) is 13.8 Å². The van der Waals surface area contributed by atoms with Crippen LogP contribution in [-0.4, -0.2) is 18.4 Å². The molecule has 0 saturated carbocycles. The van der Waals surface area contributed by atoms with E-state index in [1.54, 1.807) is 0 Å². The summed E-state index contributed by atoms with van der Waals surface area (Å²) < 4.78 is 25.5. The number of carbonyl (C=O) groups is 1. The molecule has 1 atom stereocenters. The third-order valence-corrected chi connectivity index (χ3v) is 2.29. The third kappa shape index (κ3) is 3.38. The number of hydrogen-bond donors (Lipinski definition) is 1. The van der Waals surface area contributed by atoms with E-state index in [4.69, 9.17) is 0 Å². The molecule has 0 fully saturated rings. The molecule has 1 N–H and O–H groups in total. The number of benzene rings is 1. The zero-order valence-electron chi connectivity index (χ0n) is 9.39. The summed E-state index contributed by atoms with van der Waals surface area (Å²) in [4.78, 5) is 11.7. The second-order valence-corrected chi connectivity index (χ2v) is 3.71. The van der Waals surface area contributed by atoms with Crippen LogP contribution in [0.4, 0.5) is 8.78 Å². The van der Waals surface area contributed by atoms with Crippen molar-refractivity contribution in [3.8, 4) is 0 Å². The van der Waals surface area contributed by atoms with E-state index in [0.717, 1.165) is 18.7 Å². The van der Waals surface area contributed by atoms with E-state index in [-0.39, 0.29) is 23.8 Å². The molecule has 0 aliphatic carbocycles. The maximum Gasteiger partial charge on any atom is 0.164 e. The highest BCUT2D eigenvalue weighted by Gasteiger charge is 2.12. The van der Waals surface area contributed by atoms with Crippen molar-refractivity contribution < 1.29 is 13.6 Å². The fraction of sp³-hybridized carbons (Fsp3) is 0.417. The number of rotatable bonds is 5. The van der Waals surface area contributed by atoms with E-state index in [2.05, 4.69) is 5.32 Å². The second kappa shape index (κ2) is 5.70. The van der Waals surface area contributed by atoms with E-state index in [1.165, 1.54) is 6.07 Å². The van der Waals surface area contributed by atoms with Crippen LogP contribution in [0.1, 0.15) is 30.6 Å². The van der Waals surface area contributed by atoms with E-state index in [0.29, 0.717) is 0 Å². The van der Waals surface area contributed by atoms with Crippen molar-refractivity contribution in [2.24, 2.45) is 0 Å². The Hall–Kier alpha value is -1.29. The SMILES string of the molecule is CCNC(C)CC(=O)c1ccc(F)c(F)c1. The van der Waals surface area contributed by atoms with Gasteiger partial charge in [0, 0.05) is 18.0 Å². The minimum Gasteiger partial charge on any atom is -0.314 e. The van der Waals surface area contributed by atoms with Crippen LogP contribution in [0.25, 0.3) is 0 Å². The highest BCUT2D eigenvalue weighted by Crippen LogP contribution is 2.11. The molecule has 1 rings (SSSR count). The minimum atomic E-state index is -0.984. The number of Topliss-reactive ketones (excluding diaryl/α,β-unsaturated/α-hetero) is 1. The van der Waals surface area contributed by atoms with Gasteiger partial charge in [-0.15, -0.1) is 0 Å². The van der Waals surface area contributed by atoms with Gasteiger partial charge in [-0.2, -0.15) is 0 Å². The second-order valence-electron chi connectivity index (χ2n) is 3.71. The summed E-state index contributed by atoms with van der Waals surface area (Å²) in [6.07, 6.45) is 0.277. The summed E-state index contributed by atoms with van der Waals surface area (Å²) in [7, 11) is 0. The number of carbonyl (C=O) groups excluding carboxylic acids is 1. The van der Waals surface area contributed by atoms with Gasteiger partial charge in [0.1, 0.15) is 0 Å². The molecule has 2 nitrogen and oxygen atoms in total. The van der Waals surface area contributed by atoms with Gasteiger partial charge in [0.15, 0.2) is 17.4 Å². The molecule has 88 valence electrons. The summed E-state index contributed by atoms with van der Waals surface area (Å²) in [6, 6.07) is 3.25. The Bertz CT molecular complexity index is 379. The predicted molar refractivity (Wildman–Crippen MR) is 58.4 cm³/mol. The lowest BCUT2D eigenvalue weighted by Gasteiger charge is -2.11. The molecule has 0 heterocycles. The van der Waals surface area contributed by atoms with Crippen LogP contribution in [0.5, 0.6) is 0 Å². The number of hydrogen-bond acceptors (Lipinski definition) is 2. The normalized spacial score (nSPS) is 12.5. The smallest absolute Gasteiger partial charge is 0.164 e. The first-order valence-corrected chi connectivity index (χ1v) is 5.26. The average molecular weight is 227 g/mol. The number of nitrogens with one attached hydrogen (secondary N) is 1. The molecule has 1 aromatic carbocycles. The van der Waals surface area contributed by atoms with Crippen molar-refractivity contribution in [2.45, 2.75) is 26.3 Å². The zero-order valence-corrected chi connectivity index (χ0v) is 9.39. The Morgan fingerprint density at radius 3 is 2.62 bits per heavy atom. The van der Waals surface area contributed by atoms with Crippen LogP contribution in [0.15, 0.2) is 18.2 Å². The van der Waals surface area contributed by atoms with Crippen LogP contribution in [-0.2, 0) is 0 Å². The van der Waals surface area contributed by atoms with Gasteiger partial charge in [-0.25, -0.2) is 8.78 Å². The van der Waals surface area contributed by atoms with Gasteiger partial charge in [0.2, 0.25) is 0 Å². The summed E-state index contributed by atoms with van der Waals surface area (Å²) in [5.41, 5.74) is 0.212. The fourth-order valence-electron chi connectivity index (χ4n) is 1.49. The molecule has 0 radical (unpaired) electrons. The average Bonchev–Trinajstić information content (AvgIpc) is 2.22. The molecule has 0 aliphatic rings. The third-order valence-electron chi connectivity index (χ3n) is 2.29. The van der Waals surface area contributed by atoms with Gasteiger partial charge in [-0.1, -0.05) is 6.92 Å². The number of ketones is 1. The molecule has 4 heteroatoms. The van der Waals surface area contributed by atoms with E-state index >= 15 is 0 Å². The topological polar surface area (TPSA) is 29.1 Å². The van der Waals surface area contributed by atoms with Gasteiger partial charge in [0.25, 0.3) is 0 Å². The Morgan fingerprint density at radius 2 is 2.06 bits per heavy atom. The first kappa shape index (κ1) is 12.8. The van der Waals surface area contributed by atoms with Crippen molar-refractivity contribution in [2.75, 3.05) is 6.54 Å². The standard InChI is InChI=1S/C12H15F2NO/c1-3-15-8(2)6-12(16)9-4-5-10(13)11(14)7-9/h4-5,7-8,15H,3,6H2,1-2H3. The van der Waals surface area contributed by atoms with Crippen LogP contribution in [0.2, 0.25) is 0 Å². The van der Waals surface area contributed by atoms with Crippen molar-refractivity contribution in [3.63, 3.8) is 0 Å². The quantitative estimate of drug-likeness (QED) is 0.783. The van der Waals surface area contributed by atoms with Crippen molar-refractivity contribution in [1.82, 2.24) is 5.32 Å². The van der Waals surface area contributed by atoms with E-state index in [9.17, 15) is 13.6 Å². The molecule has 1 unspecified atom stereocenters. The first-order valence-electron chi connectivity index (χ1n) is 5.26. The van der Waals surface area contributed by atoms with Gasteiger partial charge < -0.3 is 5.32 Å². The summed E-state index contributed by atoms with van der Waals surface area (Å²) in [5.74, 6) is -2.11. The molecule has 0 bridgehead atoms. The molecule has 16 heavy (non-hydrogen) atoms. The number of halogens is 2. The molecule has 0 amide bonds. The lowest BCUT2D eigenvalue weighted by atomic mass is 10.0. The van der Waals surface area contributed by atoms with E-state index < -0.39 is 11.6 Å². The van der Waals surface area contributed by atoms with Gasteiger partial charge in [-0.05, 0) is 31.7 Å². The van der Waals surface area contributed by atoms with Crippen molar-refractivity contribution in [1.29, 1.82) is 0 Å². The Kier molecular flexibility index (Phi) is 4.55. The predicted octanol–water partition coefficient (Wildman–Crippen LogP) is 2.54. The van der Waals surface area contributed by atoms with Crippen LogP contribution >= 0.6 is 0 Å². The highest BCUT2D eigenvalue weighted by molar-refractivity contribution is 5.96. The Labute approximate surface area is 93.7 Å². The van der Waals surface area contributed by atoms with Crippen LogP contribution in [0.3, 0.4) is 0 Å². The van der Waals surface area contributed by atoms with Crippen LogP contribution < -0.4 is 5.32 Å². The minimum absolute atomic E-state index is 0.0330. The molecular formula is C12H15F2NO. The summed E-state index contributed by atoms with van der Waals surface area (Å²) in [5, 5.41) is 3.08. The molecule has 1 aromatic rings. The van der Waals surface area contributed by atoms with Gasteiger partial charge >= 0.3 is 0 Å². The fourth-order valence-corrected chi connectivity index (χ4v) is 1.49. The van der Waals surface area contributed by atoms with Crippen molar-refractivity contribution in [3.05, 3.63) is 35.4 Å². The monoisotopic (exact) mass is 227 g/mol. The molecule has 0 aliphatic heterocycles. The lowest BCUT2D eigenvalue weighted by Crippen LogP contribution is -2.28. The summed E-state index contributed by atoms with van der Waals surface area (Å²) in [6.45, 7) is 4.59. The molecular weight excluding hydrogens is 212 g/mol. The summed E-state index contributed by atoms with van der Waals surface area (Å²) >= 11 is 0. The largest absolute Gasteiger partial charge is 0.314 e. The van der Waals surface area contributed by atoms with Gasteiger partial charge in [0.05, 0.1) is 0 Å². The Morgan fingerprint density at radius 1 is 1.38 bits per heavy atom. The first-order chi connectivity index (χ1) is 7.54. The maximum atomic E-state index is 12.9. The highest BCUT2D eigenvalue weighted by atomic mass is 19.2. The lowest BCUT2D eigenvalue weighted by molar-refractivity contribution is 0.0971. The van der Waals surface area contributed by atoms with Crippen molar-refractivity contribution >= 4 is 5.78 Å². The molecule has 0 saturated heterocycles. The Balaban J connectivity index is 2.69. The van der Waals surface area contributed by atoms with Crippen LogP contribution in [0, 0.1) is 11.6 Å². The molecule has 0 spiro atoms.